The van der Waals surface area contributed by atoms with Crippen LogP contribution in [0, 0.1) is 0 Å². The minimum Gasteiger partial charge on any atom is -0.313 e. The highest BCUT2D eigenvalue weighted by Crippen LogP contribution is 2.22. The van der Waals surface area contributed by atoms with Gasteiger partial charge in [-0.15, -0.1) is 11.3 Å². The lowest BCUT2D eigenvalue weighted by Gasteiger charge is -2.16. The third-order valence-electron chi connectivity index (χ3n) is 2.54. The van der Waals surface area contributed by atoms with Crippen LogP contribution in [0.2, 0.25) is 0 Å². The first kappa shape index (κ1) is 15.6. The van der Waals surface area contributed by atoms with E-state index in [1.807, 2.05) is 38.3 Å². The van der Waals surface area contributed by atoms with Crippen molar-refractivity contribution in [3.05, 3.63) is 22.4 Å². The summed E-state index contributed by atoms with van der Waals surface area (Å²) >= 11 is 1.58. The molecule has 4 nitrogen and oxygen atoms in total. The number of thiophene rings is 1. The van der Waals surface area contributed by atoms with Crippen LogP contribution in [-0.2, 0) is 10.0 Å². The molecule has 1 heterocycles. The first-order valence-corrected chi connectivity index (χ1v) is 8.74. The van der Waals surface area contributed by atoms with Gasteiger partial charge in [0.05, 0.1) is 11.8 Å². The summed E-state index contributed by atoms with van der Waals surface area (Å²) in [6, 6.07) is 4.11. The molecular formula is C12H22N2O2S2. The van der Waals surface area contributed by atoms with Crippen LogP contribution >= 0.6 is 11.3 Å². The van der Waals surface area contributed by atoms with E-state index in [2.05, 4.69) is 10.0 Å². The van der Waals surface area contributed by atoms with E-state index >= 15 is 0 Å². The third kappa shape index (κ3) is 5.48. The van der Waals surface area contributed by atoms with Gasteiger partial charge in [-0.05, 0) is 17.9 Å². The van der Waals surface area contributed by atoms with Gasteiger partial charge in [0.1, 0.15) is 0 Å². The van der Waals surface area contributed by atoms with Gasteiger partial charge in [0.2, 0.25) is 10.0 Å². The molecule has 18 heavy (non-hydrogen) atoms. The maximum Gasteiger partial charge on any atom is 0.213 e. The van der Waals surface area contributed by atoms with Crippen LogP contribution in [0.3, 0.4) is 0 Å². The Morgan fingerprint density at radius 3 is 2.61 bits per heavy atom. The molecule has 0 bridgehead atoms. The Bertz CT molecular complexity index is 427. The zero-order chi connectivity index (χ0) is 13.6. The quantitative estimate of drug-likeness (QED) is 0.771. The lowest BCUT2D eigenvalue weighted by Crippen LogP contribution is -2.35. The molecule has 1 aromatic heterocycles. The second kappa shape index (κ2) is 7.23. The van der Waals surface area contributed by atoms with E-state index in [1.54, 1.807) is 11.3 Å². The zero-order valence-electron chi connectivity index (χ0n) is 11.1. The fourth-order valence-electron chi connectivity index (χ4n) is 1.59. The SMILES string of the molecule is CCC(NS(=O)(=O)CCNC(C)C)c1cccs1. The van der Waals surface area contributed by atoms with Gasteiger partial charge in [-0.2, -0.15) is 0 Å². The van der Waals surface area contributed by atoms with Crippen LogP contribution in [0.1, 0.15) is 38.1 Å². The predicted molar refractivity (Wildman–Crippen MR) is 77.4 cm³/mol. The molecule has 0 radical (unpaired) electrons. The normalized spacial score (nSPS) is 14.0. The number of nitrogens with one attached hydrogen (secondary N) is 2. The summed E-state index contributed by atoms with van der Waals surface area (Å²) in [7, 11) is -3.22. The van der Waals surface area contributed by atoms with Crippen molar-refractivity contribution in [1.29, 1.82) is 0 Å². The maximum atomic E-state index is 11.9. The molecule has 2 N–H and O–H groups in total. The Morgan fingerprint density at radius 2 is 2.11 bits per heavy atom. The smallest absolute Gasteiger partial charge is 0.213 e. The molecule has 0 saturated carbocycles. The largest absolute Gasteiger partial charge is 0.313 e. The molecule has 6 heteroatoms. The summed E-state index contributed by atoms with van der Waals surface area (Å²) in [4.78, 5) is 1.07. The van der Waals surface area contributed by atoms with Gasteiger partial charge in [0.25, 0.3) is 0 Å². The number of hydrogen-bond donors (Lipinski definition) is 2. The first-order chi connectivity index (χ1) is 8.44. The van der Waals surface area contributed by atoms with Crippen molar-refractivity contribution in [2.24, 2.45) is 0 Å². The van der Waals surface area contributed by atoms with Crippen LogP contribution in [-0.4, -0.2) is 26.8 Å². The van der Waals surface area contributed by atoms with E-state index in [-0.39, 0.29) is 11.8 Å². The highest BCUT2D eigenvalue weighted by molar-refractivity contribution is 7.89. The molecule has 104 valence electrons. The van der Waals surface area contributed by atoms with Crippen molar-refractivity contribution in [3.63, 3.8) is 0 Å². The van der Waals surface area contributed by atoms with Crippen molar-refractivity contribution >= 4 is 21.4 Å². The fraction of sp³-hybridized carbons (Fsp3) is 0.667. The van der Waals surface area contributed by atoms with Gasteiger partial charge >= 0.3 is 0 Å². The van der Waals surface area contributed by atoms with Crippen LogP contribution in [0.5, 0.6) is 0 Å². The molecule has 1 rings (SSSR count). The van der Waals surface area contributed by atoms with Gasteiger partial charge in [-0.25, -0.2) is 13.1 Å². The molecule has 0 saturated heterocycles. The average molecular weight is 290 g/mol. The maximum absolute atomic E-state index is 11.9. The van der Waals surface area contributed by atoms with E-state index < -0.39 is 10.0 Å². The van der Waals surface area contributed by atoms with Crippen LogP contribution in [0.4, 0.5) is 0 Å². The third-order valence-corrected chi connectivity index (χ3v) is 4.91. The van der Waals surface area contributed by atoms with Gasteiger partial charge < -0.3 is 5.32 Å². The van der Waals surface area contributed by atoms with E-state index in [0.717, 1.165) is 11.3 Å². The summed E-state index contributed by atoms with van der Waals surface area (Å²) in [6.07, 6.45) is 0.761. The summed E-state index contributed by atoms with van der Waals surface area (Å²) in [6.45, 7) is 6.47. The van der Waals surface area contributed by atoms with Crippen LogP contribution < -0.4 is 10.0 Å². The predicted octanol–water partition coefficient (Wildman–Crippen LogP) is 2.12. The Labute approximate surface area is 114 Å². The Morgan fingerprint density at radius 1 is 1.39 bits per heavy atom. The molecule has 0 aliphatic carbocycles. The standard InChI is InChI=1S/C12H22N2O2S2/c1-4-11(12-6-5-8-17-12)14-18(15,16)9-7-13-10(2)3/h5-6,8,10-11,13-14H,4,7,9H2,1-3H3. The van der Waals surface area contributed by atoms with Crippen LogP contribution in [0.25, 0.3) is 0 Å². The molecule has 1 atom stereocenters. The Hall–Kier alpha value is -0.430. The molecular weight excluding hydrogens is 268 g/mol. The lowest BCUT2D eigenvalue weighted by molar-refractivity contribution is 0.544. The minimum atomic E-state index is -3.22. The van der Waals surface area contributed by atoms with Gasteiger partial charge in [0.15, 0.2) is 0 Å². The van der Waals surface area contributed by atoms with Crippen molar-refractivity contribution in [3.8, 4) is 0 Å². The fourth-order valence-corrected chi connectivity index (χ4v) is 3.76. The molecule has 1 unspecified atom stereocenters. The Kier molecular flexibility index (Phi) is 6.28. The molecule has 0 aliphatic rings. The van der Waals surface area contributed by atoms with Crippen molar-refractivity contribution in [1.82, 2.24) is 10.0 Å². The summed E-state index contributed by atoms with van der Waals surface area (Å²) < 4.78 is 26.6. The highest BCUT2D eigenvalue weighted by atomic mass is 32.2. The molecule has 0 aromatic carbocycles. The topological polar surface area (TPSA) is 58.2 Å². The van der Waals surface area contributed by atoms with E-state index in [1.165, 1.54) is 0 Å². The molecule has 0 aliphatic heterocycles. The molecule has 0 amide bonds. The Balaban J connectivity index is 2.53. The van der Waals surface area contributed by atoms with E-state index in [4.69, 9.17) is 0 Å². The van der Waals surface area contributed by atoms with E-state index in [0.29, 0.717) is 12.6 Å². The van der Waals surface area contributed by atoms with Gasteiger partial charge in [-0.3, -0.25) is 0 Å². The molecule has 0 spiro atoms. The second-order valence-electron chi connectivity index (χ2n) is 4.52. The highest BCUT2D eigenvalue weighted by Gasteiger charge is 2.18. The summed E-state index contributed by atoms with van der Waals surface area (Å²) in [5, 5.41) is 5.08. The van der Waals surface area contributed by atoms with Crippen molar-refractivity contribution in [2.45, 2.75) is 39.3 Å². The first-order valence-electron chi connectivity index (χ1n) is 6.21. The number of hydrogen-bond acceptors (Lipinski definition) is 4. The summed E-state index contributed by atoms with van der Waals surface area (Å²) in [5.74, 6) is 0.118. The lowest BCUT2D eigenvalue weighted by atomic mass is 10.2. The van der Waals surface area contributed by atoms with Gasteiger partial charge in [-0.1, -0.05) is 26.8 Å². The minimum absolute atomic E-state index is 0.103. The van der Waals surface area contributed by atoms with Crippen molar-refractivity contribution in [2.75, 3.05) is 12.3 Å². The number of sulfonamides is 1. The van der Waals surface area contributed by atoms with Crippen molar-refractivity contribution < 1.29 is 8.42 Å². The van der Waals surface area contributed by atoms with Gasteiger partial charge in [0, 0.05) is 17.5 Å². The average Bonchev–Trinajstić information content (AvgIpc) is 2.78. The number of rotatable bonds is 8. The monoisotopic (exact) mass is 290 g/mol. The van der Waals surface area contributed by atoms with Crippen LogP contribution in [0.15, 0.2) is 17.5 Å². The zero-order valence-corrected chi connectivity index (χ0v) is 12.8. The molecule has 1 aromatic rings. The second-order valence-corrected chi connectivity index (χ2v) is 7.37. The molecule has 0 fully saturated rings. The summed E-state index contributed by atoms with van der Waals surface area (Å²) in [5.41, 5.74) is 0. The van der Waals surface area contributed by atoms with E-state index in [9.17, 15) is 8.42 Å².